The lowest BCUT2D eigenvalue weighted by molar-refractivity contribution is 0.121. The van der Waals surface area contributed by atoms with Crippen LogP contribution in [0.2, 0.25) is 0 Å². The fourth-order valence-corrected chi connectivity index (χ4v) is 1.69. The Labute approximate surface area is 79.0 Å². The molecule has 4 nitrogen and oxygen atoms in total. The van der Waals surface area contributed by atoms with Gasteiger partial charge in [0.05, 0.1) is 6.04 Å². The van der Waals surface area contributed by atoms with E-state index in [0.717, 1.165) is 6.42 Å². The van der Waals surface area contributed by atoms with Crippen molar-refractivity contribution in [3.63, 3.8) is 0 Å². The standard InChI is InChI=1S/C9H18N2O2/c1-9(2,3)11-7(4-5-10)6-13-8(11)12/h7H,4-6,10H2,1-3H3. The smallest absolute Gasteiger partial charge is 0.410 e. The molecule has 1 rings (SSSR count). The van der Waals surface area contributed by atoms with Crippen LogP contribution in [0.15, 0.2) is 0 Å². The number of nitrogens with zero attached hydrogens (tertiary/aromatic N) is 1. The maximum absolute atomic E-state index is 11.4. The number of hydrogen-bond acceptors (Lipinski definition) is 3. The molecule has 0 aliphatic carbocycles. The highest BCUT2D eigenvalue weighted by Gasteiger charge is 2.39. The summed E-state index contributed by atoms with van der Waals surface area (Å²) in [7, 11) is 0. The van der Waals surface area contributed by atoms with Crippen LogP contribution in [0.5, 0.6) is 0 Å². The summed E-state index contributed by atoms with van der Waals surface area (Å²) in [5, 5.41) is 0. The average molecular weight is 186 g/mol. The minimum absolute atomic E-state index is 0.150. The number of amides is 1. The molecule has 0 aromatic heterocycles. The summed E-state index contributed by atoms with van der Waals surface area (Å²) in [5.74, 6) is 0. The van der Waals surface area contributed by atoms with Crippen molar-refractivity contribution in [2.24, 2.45) is 5.73 Å². The SMILES string of the molecule is CC(C)(C)N1C(=O)OCC1CCN. The molecule has 4 heteroatoms. The van der Waals surface area contributed by atoms with E-state index in [-0.39, 0.29) is 17.7 Å². The molecule has 1 saturated heterocycles. The molecule has 0 radical (unpaired) electrons. The Bertz CT molecular complexity index is 198. The van der Waals surface area contributed by atoms with Crippen LogP contribution in [0.3, 0.4) is 0 Å². The lowest BCUT2D eigenvalue weighted by Gasteiger charge is -2.34. The zero-order chi connectivity index (χ0) is 10.1. The minimum atomic E-state index is -0.217. The molecule has 1 aliphatic rings. The Hall–Kier alpha value is -0.770. The van der Waals surface area contributed by atoms with Gasteiger partial charge in [0.15, 0.2) is 0 Å². The molecule has 13 heavy (non-hydrogen) atoms. The fraction of sp³-hybridized carbons (Fsp3) is 0.889. The van der Waals surface area contributed by atoms with Crippen LogP contribution in [0.25, 0.3) is 0 Å². The predicted molar refractivity (Wildman–Crippen MR) is 50.4 cm³/mol. The third-order valence-corrected chi connectivity index (χ3v) is 2.18. The Balaban J connectivity index is 2.71. The molecule has 1 amide bonds. The minimum Gasteiger partial charge on any atom is -0.447 e. The second kappa shape index (κ2) is 3.54. The summed E-state index contributed by atoms with van der Waals surface area (Å²) < 4.78 is 4.99. The second-order valence-corrected chi connectivity index (χ2v) is 4.35. The van der Waals surface area contributed by atoms with Gasteiger partial charge in [0.25, 0.3) is 0 Å². The number of rotatable bonds is 2. The molecule has 1 heterocycles. The summed E-state index contributed by atoms with van der Waals surface area (Å²) in [6.07, 6.45) is 0.592. The van der Waals surface area contributed by atoms with Gasteiger partial charge in [0.2, 0.25) is 0 Å². The van der Waals surface area contributed by atoms with E-state index in [1.54, 1.807) is 4.90 Å². The highest BCUT2D eigenvalue weighted by Crippen LogP contribution is 2.24. The summed E-state index contributed by atoms with van der Waals surface area (Å²) >= 11 is 0. The number of carbonyl (C=O) groups excluding carboxylic acids is 1. The van der Waals surface area contributed by atoms with Crippen molar-refractivity contribution >= 4 is 6.09 Å². The van der Waals surface area contributed by atoms with Crippen molar-refractivity contribution in [3.8, 4) is 0 Å². The molecule has 0 aromatic rings. The molecule has 2 N–H and O–H groups in total. The Morgan fingerprint density at radius 3 is 2.69 bits per heavy atom. The molecule has 76 valence electrons. The second-order valence-electron chi connectivity index (χ2n) is 4.35. The molecule has 1 unspecified atom stereocenters. The van der Waals surface area contributed by atoms with Gasteiger partial charge in [-0.15, -0.1) is 0 Å². The Kier molecular flexibility index (Phi) is 2.81. The van der Waals surface area contributed by atoms with Crippen molar-refractivity contribution in [3.05, 3.63) is 0 Å². The average Bonchev–Trinajstić information content (AvgIpc) is 2.31. The van der Waals surface area contributed by atoms with Gasteiger partial charge in [-0.2, -0.15) is 0 Å². The van der Waals surface area contributed by atoms with E-state index in [2.05, 4.69) is 0 Å². The van der Waals surface area contributed by atoms with E-state index in [1.807, 2.05) is 20.8 Å². The first-order valence-corrected chi connectivity index (χ1v) is 4.63. The van der Waals surface area contributed by atoms with E-state index in [0.29, 0.717) is 13.2 Å². The van der Waals surface area contributed by atoms with Crippen LogP contribution in [0, 0.1) is 0 Å². The van der Waals surface area contributed by atoms with E-state index in [4.69, 9.17) is 10.5 Å². The van der Waals surface area contributed by atoms with Gasteiger partial charge in [-0.25, -0.2) is 4.79 Å². The third-order valence-electron chi connectivity index (χ3n) is 2.18. The lowest BCUT2D eigenvalue weighted by Crippen LogP contribution is -2.47. The quantitative estimate of drug-likeness (QED) is 0.698. The molecular weight excluding hydrogens is 168 g/mol. The van der Waals surface area contributed by atoms with Crippen molar-refractivity contribution < 1.29 is 9.53 Å². The number of hydrogen-bond donors (Lipinski definition) is 1. The summed E-state index contributed by atoms with van der Waals surface area (Å²) in [4.78, 5) is 13.1. The monoisotopic (exact) mass is 186 g/mol. The molecule has 1 aliphatic heterocycles. The zero-order valence-corrected chi connectivity index (χ0v) is 8.54. The van der Waals surface area contributed by atoms with Crippen molar-refractivity contribution in [1.82, 2.24) is 4.90 Å². The first-order chi connectivity index (χ1) is 5.96. The van der Waals surface area contributed by atoms with E-state index in [9.17, 15) is 4.79 Å². The highest BCUT2D eigenvalue weighted by atomic mass is 16.6. The van der Waals surface area contributed by atoms with Gasteiger partial charge in [0.1, 0.15) is 6.61 Å². The van der Waals surface area contributed by atoms with Crippen molar-refractivity contribution in [1.29, 1.82) is 0 Å². The third kappa shape index (κ3) is 2.12. The van der Waals surface area contributed by atoms with Gasteiger partial charge < -0.3 is 10.5 Å². The van der Waals surface area contributed by atoms with Gasteiger partial charge in [0, 0.05) is 5.54 Å². The summed E-state index contributed by atoms with van der Waals surface area (Å²) in [5.41, 5.74) is 5.29. The van der Waals surface area contributed by atoms with Gasteiger partial charge in [-0.05, 0) is 33.7 Å². The van der Waals surface area contributed by atoms with E-state index < -0.39 is 0 Å². The first kappa shape index (κ1) is 10.3. The number of carbonyl (C=O) groups is 1. The molecular formula is C9H18N2O2. The molecule has 1 fully saturated rings. The fourth-order valence-electron chi connectivity index (χ4n) is 1.69. The van der Waals surface area contributed by atoms with E-state index in [1.165, 1.54) is 0 Å². The zero-order valence-electron chi connectivity index (χ0n) is 8.54. The predicted octanol–water partition coefficient (Wildman–Crippen LogP) is 0.954. The van der Waals surface area contributed by atoms with Gasteiger partial charge in [-0.3, -0.25) is 4.90 Å². The molecule has 1 atom stereocenters. The van der Waals surface area contributed by atoms with Crippen LogP contribution in [0.4, 0.5) is 4.79 Å². The van der Waals surface area contributed by atoms with Crippen LogP contribution >= 0.6 is 0 Å². The molecule has 0 aromatic carbocycles. The molecule has 0 saturated carbocycles. The summed E-state index contributed by atoms with van der Waals surface area (Å²) in [6, 6.07) is 0.150. The van der Waals surface area contributed by atoms with Gasteiger partial charge in [-0.1, -0.05) is 0 Å². The number of nitrogens with two attached hydrogens (primary N) is 1. The highest BCUT2D eigenvalue weighted by molar-refractivity contribution is 5.71. The van der Waals surface area contributed by atoms with E-state index >= 15 is 0 Å². The topological polar surface area (TPSA) is 55.6 Å². The van der Waals surface area contributed by atoms with Gasteiger partial charge >= 0.3 is 6.09 Å². The first-order valence-electron chi connectivity index (χ1n) is 4.63. The Morgan fingerprint density at radius 2 is 2.23 bits per heavy atom. The van der Waals surface area contributed by atoms with Crippen molar-refractivity contribution in [2.45, 2.75) is 38.8 Å². The summed E-state index contributed by atoms with van der Waals surface area (Å²) in [6.45, 7) is 7.08. The maximum Gasteiger partial charge on any atom is 0.410 e. The number of ether oxygens (including phenoxy) is 1. The Morgan fingerprint density at radius 1 is 1.62 bits per heavy atom. The van der Waals surface area contributed by atoms with Crippen LogP contribution in [-0.4, -0.2) is 35.7 Å². The van der Waals surface area contributed by atoms with Crippen LogP contribution in [-0.2, 0) is 4.74 Å². The number of cyclic esters (lactones) is 1. The van der Waals surface area contributed by atoms with Crippen LogP contribution in [0.1, 0.15) is 27.2 Å². The molecule has 0 bridgehead atoms. The normalized spacial score (nSPS) is 23.5. The molecule has 0 spiro atoms. The van der Waals surface area contributed by atoms with Crippen molar-refractivity contribution in [2.75, 3.05) is 13.2 Å². The lowest BCUT2D eigenvalue weighted by atomic mass is 10.0. The largest absolute Gasteiger partial charge is 0.447 e. The van der Waals surface area contributed by atoms with Crippen LogP contribution < -0.4 is 5.73 Å². The maximum atomic E-state index is 11.4.